The van der Waals surface area contributed by atoms with Crippen LogP contribution in [0.5, 0.6) is 0 Å². The van der Waals surface area contributed by atoms with Crippen LogP contribution in [0.2, 0.25) is 0 Å². The third-order valence-electron chi connectivity index (χ3n) is 4.62. The highest BCUT2D eigenvalue weighted by molar-refractivity contribution is 4.99. The Balaban J connectivity index is 1.86. The molecule has 1 aliphatic heterocycles. The van der Waals surface area contributed by atoms with Gasteiger partial charge in [-0.1, -0.05) is 0 Å². The molecular formula is C14H24N2O. The van der Waals surface area contributed by atoms with Crippen molar-refractivity contribution in [3.63, 3.8) is 0 Å². The van der Waals surface area contributed by atoms with Crippen molar-refractivity contribution in [2.24, 2.45) is 5.41 Å². The van der Waals surface area contributed by atoms with Gasteiger partial charge < -0.3 is 9.64 Å². The molecule has 1 heterocycles. The molecule has 0 amide bonds. The van der Waals surface area contributed by atoms with Crippen LogP contribution in [0.15, 0.2) is 0 Å². The molecular weight excluding hydrogens is 212 g/mol. The monoisotopic (exact) mass is 236 g/mol. The maximum Gasteiger partial charge on any atom is 0.0687 e. The number of nitrogens with zero attached hydrogens (tertiary/aromatic N) is 2. The van der Waals surface area contributed by atoms with Crippen LogP contribution in [-0.2, 0) is 4.74 Å². The zero-order chi connectivity index (χ0) is 12.3. The molecule has 2 rings (SSSR count). The Morgan fingerprint density at radius 2 is 2.00 bits per heavy atom. The summed E-state index contributed by atoms with van der Waals surface area (Å²) in [6.45, 7) is 4.28. The van der Waals surface area contributed by atoms with Gasteiger partial charge in [0.25, 0.3) is 0 Å². The maximum atomic E-state index is 9.14. The number of nitriles is 1. The first kappa shape index (κ1) is 12.9. The van der Waals surface area contributed by atoms with Gasteiger partial charge in [0.05, 0.1) is 17.6 Å². The Morgan fingerprint density at radius 1 is 1.29 bits per heavy atom. The number of hydrogen-bond donors (Lipinski definition) is 0. The van der Waals surface area contributed by atoms with E-state index in [4.69, 9.17) is 10.00 Å². The molecule has 17 heavy (non-hydrogen) atoms. The lowest BCUT2D eigenvalue weighted by Gasteiger charge is -2.42. The van der Waals surface area contributed by atoms with Gasteiger partial charge in [-0.2, -0.15) is 5.26 Å². The van der Waals surface area contributed by atoms with E-state index < -0.39 is 0 Å². The first-order valence-electron chi connectivity index (χ1n) is 6.85. The summed E-state index contributed by atoms with van der Waals surface area (Å²) in [4.78, 5) is 2.59. The predicted octanol–water partition coefficient (Wildman–Crippen LogP) is 2.57. The van der Waals surface area contributed by atoms with E-state index in [1.165, 1.54) is 25.7 Å². The Morgan fingerprint density at radius 3 is 2.59 bits per heavy atom. The highest BCUT2D eigenvalue weighted by Crippen LogP contribution is 2.33. The maximum absolute atomic E-state index is 9.14. The van der Waals surface area contributed by atoms with Crippen LogP contribution in [0.1, 0.15) is 45.4 Å². The first-order chi connectivity index (χ1) is 8.17. The van der Waals surface area contributed by atoms with Crippen molar-refractivity contribution in [1.82, 2.24) is 4.90 Å². The number of piperidine rings is 1. The summed E-state index contributed by atoms with van der Waals surface area (Å²) in [7, 11) is 1.83. The van der Waals surface area contributed by atoms with Crippen molar-refractivity contribution in [1.29, 1.82) is 5.26 Å². The average molecular weight is 236 g/mol. The summed E-state index contributed by atoms with van der Waals surface area (Å²) >= 11 is 0. The molecule has 2 aliphatic rings. The molecule has 2 fully saturated rings. The Kier molecular flexibility index (Phi) is 4.06. The molecule has 0 N–H and O–H groups in total. The van der Waals surface area contributed by atoms with Gasteiger partial charge in [-0.3, -0.25) is 0 Å². The van der Waals surface area contributed by atoms with Crippen LogP contribution in [0.25, 0.3) is 0 Å². The lowest BCUT2D eigenvalue weighted by Crippen LogP contribution is -2.46. The van der Waals surface area contributed by atoms with E-state index in [9.17, 15) is 0 Å². The van der Waals surface area contributed by atoms with E-state index in [-0.39, 0.29) is 5.41 Å². The minimum Gasteiger partial charge on any atom is -0.381 e. The van der Waals surface area contributed by atoms with Gasteiger partial charge in [-0.25, -0.2) is 0 Å². The number of likely N-dealkylation sites (tertiary alicyclic amines) is 1. The molecule has 0 bridgehead atoms. The molecule has 2 unspecified atom stereocenters. The van der Waals surface area contributed by atoms with Gasteiger partial charge in [0, 0.05) is 13.2 Å². The number of rotatable bonds is 2. The fraction of sp³-hybridized carbons (Fsp3) is 0.929. The van der Waals surface area contributed by atoms with Crippen LogP contribution in [0.3, 0.4) is 0 Å². The molecule has 3 nitrogen and oxygen atoms in total. The van der Waals surface area contributed by atoms with Crippen LogP contribution < -0.4 is 0 Å². The fourth-order valence-corrected chi connectivity index (χ4v) is 3.16. The molecule has 3 heteroatoms. The molecule has 0 spiro atoms. The van der Waals surface area contributed by atoms with E-state index in [0.717, 1.165) is 25.9 Å². The largest absolute Gasteiger partial charge is 0.381 e. The van der Waals surface area contributed by atoms with Crippen molar-refractivity contribution in [2.75, 3.05) is 20.2 Å². The minimum absolute atomic E-state index is 0.0776. The molecule has 1 aliphatic carbocycles. The predicted molar refractivity (Wildman–Crippen MR) is 67.6 cm³/mol. The Hall–Kier alpha value is -0.590. The third-order valence-corrected chi connectivity index (χ3v) is 4.62. The second-order valence-corrected chi connectivity index (χ2v) is 5.89. The van der Waals surface area contributed by atoms with Crippen molar-refractivity contribution < 1.29 is 4.74 Å². The van der Waals surface area contributed by atoms with E-state index >= 15 is 0 Å². The smallest absolute Gasteiger partial charge is 0.0687 e. The highest BCUT2D eigenvalue weighted by Gasteiger charge is 2.34. The standard InChI is InChI=1S/C14H24N2O/c1-14(11-15)6-8-16(9-7-14)12-4-3-5-13(10-12)17-2/h12-13H,3-10H2,1-2H3. The molecule has 96 valence electrons. The molecule has 1 saturated heterocycles. The summed E-state index contributed by atoms with van der Waals surface area (Å²) < 4.78 is 5.50. The van der Waals surface area contributed by atoms with E-state index in [0.29, 0.717) is 12.1 Å². The van der Waals surface area contributed by atoms with Gasteiger partial charge >= 0.3 is 0 Å². The van der Waals surface area contributed by atoms with Crippen molar-refractivity contribution >= 4 is 0 Å². The zero-order valence-corrected chi connectivity index (χ0v) is 11.1. The third kappa shape index (κ3) is 3.00. The second-order valence-electron chi connectivity index (χ2n) is 5.89. The fourth-order valence-electron chi connectivity index (χ4n) is 3.16. The van der Waals surface area contributed by atoms with Crippen molar-refractivity contribution in [2.45, 2.75) is 57.6 Å². The average Bonchev–Trinajstić information content (AvgIpc) is 2.40. The summed E-state index contributed by atoms with van der Waals surface area (Å²) in [5.41, 5.74) is -0.0776. The van der Waals surface area contributed by atoms with Crippen molar-refractivity contribution in [3.05, 3.63) is 0 Å². The highest BCUT2D eigenvalue weighted by atomic mass is 16.5. The summed E-state index contributed by atoms with van der Waals surface area (Å²) in [6.07, 6.45) is 7.50. The Bertz CT molecular complexity index is 289. The number of hydrogen-bond acceptors (Lipinski definition) is 3. The van der Waals surface area contributed by atoms with Crippen LogP contribution in [0, 0.1) is 16.7 Å². The van der Waals surface area contributed by atoms with E-state index in [1.807, 2.05) is 7.11 Å². The summed E-state index contributed by atoms with van der Waals surface area (Å²) in [5, 5.41) is 9.14. The van der Waals surface area contributed by atoms with Crippen LogP contribution in [-0.4, -0.2) is 37.2 Å². The number of methoxy groups -OCH3 is 1. The Labute approximate surface area is 105 Å². The molecule has 1 saturated carbocycles. The van der Waals surface area contributed by atoms with E-state index in [1.54, 1.807) is 0 Å². The van der Waals surface area contributed by atoms with Crippen molar-refractivity contribution in [3.8, 4) is 6.07 Å². The second kappa shape index (κ2) is 5.37. The molecule has 0 aromatic heterocycles. The summed E-state index contributed by atoms with van der Waals surface area (Å²) in [5.74, 6) is 0. The first-order valence-corrected chi connectivity index (χ1v) is 6.85. The lowest BCUT2D eigenvalue weighted by molar-refractivity contribution is 0.0138. The SMILES string of the molecule is COC1CCCC(N2CCC(C)(C#N)CC2)C1. The van der Waals surface area contributed by atoms with Gasteiger partial charge in [0.2, 0.25) is 0 Å². The number of ether oxygens (including phenoxy) is 1. The normalized spacial score (nSPS) is 34.2. The molecule has 0 aromatic rings. The van der Waals surface area contributed by atoms with Gasteiger partial charge in [-0.05, 0) is 58.5 Å². The zero-order valence-electron chi connectivity index (χ0n) is 11.1. The summed E-state index contributed by atoms with van der Waals surface area (Å²) in [6, 6.07) is 3.16. The molecule has 0 aromatic carbocycles. The van der Waals surface area contributed by atoms with Gasteiger partial charge in [-0.15, -0.1) is 0 Å². The lowest BCUT2D eigenvalue weighted by atomic mass is 9.80. The quantitative estimate of drug-likeness (QED) is 0.739. The minimum atomic E-state index is -0.0776. The van der Waals surface area contributed by atoms with Gasteiger partial charge in [0.1, 0.15) is 0 Å². The van der Waals surface area contributed by atoms with Crippen LogP contribution in [0.4, 0.5) is 0 Å². The topological polar surface area (TPSA) is 36.3 Å². The van der Waals surface area contributed by atoms with Crippen LogP contribution >= 0.6 is 0 Å². The van der Waals surface area contributed by atoms with Gasteiger partial charge in [0.15, 0.2) is 0 Å². The molecule has 2 atom stereocenters. The molecule has 0 radical (unpaired) electrons. The van der Waals surface area contributed by atoms with E-state index in [2.05, 4.69) is 17.9 Å².